The summed E-state index contributed by atoms with van der Waals surface area (Å²) in [4.78, 5) is 6.95. The third kappa shape index (κ3) is 7.17. The fourth-order valence-corrected chi connectivity index (χ4v) is 3.49. The second-order valence-corrected chi connectivity index (χ2v) is 8.21. The number of aliphatic hydroxyl groups is 1. The van der Waals surface area contributed by atoms with Crippen LogP contribution in [-0.4, -0.2) is 73.6 Å². The van der Waals surface area contributed by atoms with Crippen molar-refractivity contribution in [2.45, 2.75) is 51.4 Å². The minimum atomic E-state index is -0.848. The maximum atomic E-state index is 10.8. The Morgan fingerprint density at radius 2 is 2.03 bits per heavy atom. The molecular formula is C22H36N4O3. The molecule has 0 bridgehead atoms. The lowest BCUT2D eigenvalue weighted by Gasteiger charge is -2.34. The molecule has 0 amide bonds. The second-order valence-electron chi connectivity index (χ2n) is 8.21. The highest BCUT2D eigenvalue weighted by Gasteiger charge is 2.25. The van der Waals surface area contributed by atoms with Gasteiger partial charge in [0.1, 0.15) is 5.75 Å². The Balaban J connectivity index is 1.55. The highest BCUT2D eigenvalue weighted by molar-refractivity contribution is 5.79. The first-order valence-corrected chi connectivity index (χ1v) is 10.8. The van der Waals surface area contributed by atoms with E-state index >= 15 is 0 Å². The fraction of sp³-hybridized carbons (Fsp3) is 0.682. The lowest BCUT2D eigenvalue weighted by molar-refractivity contribution is -0.0201. The Kier molecular flexibility index (Phi) is 8.15. The quantitative estimate of drug-likeness (QED) is 0.430. The maximum Gasteiger partial charge on any atom is 0.191 e. The van der Waals surface area contributed by atoms with E-state index in [4.69, 9.17) is 14.5 Å². The molecule has 2 fully saturated rings. The van der Waals surface area contributed by atoms with Crippen LogP contribution in [0.25, 0.3) is 0 Å². The molecule has 1 atom stereocenters. The van der Waals surface area contributed by atoms with E-state index in [0.29, 0.717) is 31.7 Å². The van der Waals surface area contributed by atoms with Gasteiger partial charge in [0.15, 0.2) is 5.96 Å². The van der Waals surface area contributed by atoms with E-state index in [0.717, 1.165) is 57.0 Å². The van der Waals surface area contributed by atoms with E-state index in [9.17, 15) is 5.11 Å². The Hall–Kier alpha value is -1.83. The summed E-state index contributed by atoms with van der Waals surface area (Å²) in [5.74, 6) is 1.63. The van der Waals surface area contributed by atoms with Crippen LogP contribution in [0.4, 0.5) is 0 Å². The summed E-state index contributed by atoms with van der Waals surface area (Å²) in [7, 11) is 0. The first-order valence-electron chi connectivity index (χ1n) is 10.8. The van der Waals surface area contributed by atoms with Gasteiger partial charge in [-0.3, -0.25) is 4.90 Å². The normalized spacial score (nSPS) is 20.6. The smallest absolute Gasteiger partial charge is 0.191 e. The third-order valence-electron chi connectivity index (χ3n) is 5.37. The number of hydrogen-bond donors (Lipinski definition) is 3. The van der Waals surface area contributed by atoms with Crippen LogP contribution in [0.3, 0.4) is 0 Å². The molecule has 7 nitrogen and oxygen atoms in total. The van der Waals surface area contributed by atoms with Gasteiger partial charge in [-0.2, -0.15) is 0 Å². The van der Waals surface area contributed by atoms with E-state index in [-0.39, 0.29) is 0 Å². The molecule has 29 heavy (non-hydrogen) atoms. The lowest BCUT2D eigenvalue weighted by atomic mass is 9.96. The lowest BCUT2D eigenvalue weighted by Crippen LogP contribution is -2.52. The second kappa shape index (κ2) is 10.8. The molecule has 0 aromatic heterocycles. The van der Waals surface area contributed by atoms with Crippen molar-refractivity contribution in [3.05, 3.63) is 29.8 Å². The molecule has 0 radical (unpaired) electrons. The number of hydrogen-bond acceptors (Lipinski definition) is 5. The van der Waals surface area contributed by atoms with Crippen molar-refractivity contribution < 1.29 is 14.6 Å². The minimum Gasteiger partial charge on any atom is -0.490 e. The van der Waals surface area contributed by atoms with Gasteiger partial charge in [-0.1, -0.05) is 18.2 Å². The number of benzene rings is 1. The molecule has 1 unspecified atom stereocenters. The van der Waals surface area contributed by atoms with Gasteiger partial charge in [-0.25, -0.2) is 4.99 Å². The fourth-order valence-electron chi connectivity index (χ4n) is 3.49. The maximum absolute atomic E-state index is 10.8. The monoisotopic (exact) mass is 404 g/mol. The van der Waals surface area contributed by atoms with Gasteiger partial charge < -0.3 is 25.2 Å². The van der Waals surface area contributed by atoms with E-state index < -0.39 is 5.60 Å². The molecule has 1 heterocycles. The van der Waals surface area contributed by atoms with Crippen molar-refractivity contribution in [3.63, 3.8) is 0 Å². The predicted molar refractivity (Wildman–Crippen MR) is 115 cm³/mol. The summed E-state index contributed by atoms with van der Waals surface area (Å²) >= 11 is 0. The van der Waals surface area contributed by atoms with Crippen molar-refractivity contribution in [3.8, 4) is 5.75 Å². The average molecular weight is 405 g/mol. The highest BCUT2D eigenvalue weighted by atomic mass is 16.5. The van der Waals surface area contributed by atoms with Crippen LogP contribution in [0.1, 0.15) is 38.7 Å². The molecule has 1 aliphatic heterocycles. The summed E-state index contributed by atoms with van der Waals surface area (Å²) in [6.07, 6.45) is 3.88. The molecule has 1 aromatic carbocycles. The summed E-state index contributed by atoms with van der Waals surface area (Å²) in [6, 6.07) is 8.12. The Bertz CT molecular complexity index is 655. The first kappa shape index (κ1) is 21.9. The van der Waals surface area contributed by atoms with Crippen molar-refractivity contribution in [1.29, 1.82) is 0 Å². The van der Waals surface area contributed by atoms with Crippen LogP contribution in [0.15, 0.2) is 29.3 Å². The number of nitrogens with one attached hydrogen (secondary N) is 2. The first-order chi connectivity index (χ1) is 14.1. The number of para-hydroxylation sites is 1. The van der Waals surface area contributed by atoms with Crippen molar-refractivity contribution in [1.82, 2.24) is 15.5 Å². The van der Waals surface area contributed by atoms with Gasteiger partial charge in [0.2, 0.25) is 0 Å². The Morgan fingerprint density at radius 3 is 2.72 bits per heavy atom. The largest absolute Gasteiger partial charge is 0.490 e. The standard InChI is InChI=1S/C22H36N4O3/c1-3-23-21(25-16-22(2,27)17-26-11-13-28-14-12-26)24-15-18-7-4-5-10-20(18)29-19-8-6-9-19/h4-5,7,10,19,27H,3,6,8-9,11-17H2,1-2H3,(H2,23,24,25). The Morgan fingerprint density at radius 1 is 1.28 bits per heavy atom. The van der Waals surface area contributed by atoms with Gasteiger partial charge >= 0.3 is 0 Å². The molecule has 1 aliphatic carbocycles. The number of nitrogens with zero attached hydrogens (tertiary/aromatic N) is 2. The van der Waals surface area contributed by atoms with Gasteiger partial charge in [-0.15, -0.1) is 0 Å². The molecule has 0 spiro atoms. The Labute approximate surface area is 174 Å². The molecule has 1 saturated carbocycles. The average Bonchev–Trinajstić information content (AvgIpc) is 2.68. The number of ether oxygens (including phenoxy) is 2. The van der Waals surface area contributed by atoms with Crippen molar-refractivity contribution >= 4 is 5.96 Å². The number of aliphatic imine (C=N–C) groups is 1. The molecule has 162 valence electrons. The minimum absolute atomic E-state index is 0.349. The van der Waals surface area contributed by atoms with Gasteiger partial charge in [-0.05, 0) is 39.2 Å². The zero-order valence-corrected chi connectivity index (χ0v) is 17.8. The summed E-state index contributed by atoms with van der Waals surface area (Å²) in [5, 5.41) is 17.4. The molecule has 1 aromatic rings. The predicted octanol–water partition coefficient (Wildman–Crippen LogP) is 1.76. The van der Waals surface area contributed by atoms with E-state index in [1.807, 2.05) is 32.0 Å². The van der Waals surface area contributed by atoms with Crippen LogP contribution < -0.4 is 15.4 Å². The van der Waals surface area contributed by atoms with Crippen LogP contribution >= 0.6 is 0 Å². The SMILES string of the molecule is CCNC(=NCc1ccccc1OC1CCC1)NCC(C)(O)CN1CCOCC1. The molecule has 1 saturated heterocycles. The summed E-state index contributed by atoms with van der Waals surface area (Å²) in [6.45, 7) is 9.42. The number of β-amino-alcohol motifs (C(OH)–C–C–N with tert-alkyl or cyclic N) is 1. The van der Waals surface area contributed by atoms with Crippen LogP contribution in [0.2, 0.25) is 0 Å². The van der Waals surface area contributed by atoms with E-state index in [2.05, 4.69) is 21.6 Å². The van der Waals surface area contributed by atoms with Crippen LogP contribution in [0.5, 0.6) is 5.75 Å². The van der Waals surface area contributed by atoms with Gasteiger partial charge in [0.05, 0.1) is 31.5 Å². The molecule has 3 N–H and O–H groups in total. The summed E-state index contributed by atoms with van der Waals surface area (Å²) in [5.41, 5.74) is 0.232. The highest BCUT2D eigenvalue weighted by Crippen LogP contribution is 2.27. The van der Waals surface area contributed by atoms with Crippen molar-refractivity contribution in [2.75, 3.05) is 45.9 Å². The molecule has 2 aliphatic rings. The van der Waals surface area contributed by atoms with Crippen LogP contribution in [-0.2, 0) is 11.3 Å². The number of guanidine groups is 1. The number of rotatable bonds is 9. The molecular weight excluding hydrogens is 368 g/mol. The zero-order chi connectivity index (χ0) is 20.5. The topological polar surface area (TPSA) is 78.4 Å². The van der Waals surface area contributed by atoms with Crippen LogP contribution in [0, 0.1) is 0 Å². The third-order valence-corrected chi connectivity index (χ3v) is 5.37. The number of morpholine rings is 1. The zero-order valence-electron chi connectivity index (χ0n) is 17.8. The van der Waals surface area contributed by atoms with E-state index in [1.54, 1.807) is 0 Å². The molecule has 3 rings (SSSR count). The van der Waals surface area contributed by atoms with Crippen molar-refractivity contribution in [2.24, 2.45) is 4.99 Å². The van der Waals surface area contributed by atoms with Gasteiger partial charge in [0.25, 0.3) is 0 Å². The summed E-state index contributed by atoms with van der Waals surface area (Å²) < 4.78 is 11.5. The van der Waals surface area contributed by atoms with E-state index in [1.165, 1.54) is 6.42 Å². The molecule has 7 heteroatoms. The van der Waals surface area contributed by atoms with Gasteiger partial charge in [0, 0.05) is 38.3 Å².